The van der Waals surface area contributed by atoms with Gasteiger partial charge in [-0.3, -0.25) is 0 Å². The zero-order valence-corrected chi connectivity index (χ0v) is 10.2. The Hall–Kier alpha value is -1.59. The molecule has 0 radical (unpaired) electrons. The lowest BCUT2D eigenvalue weighted by atomic mass is 10.1. The van der Waals surface area contributed by atoms with E-state index in [-0.39, 0.29) is 11.9 Å². The van der Waals surface area contributed by atoms with Gasteiger partial charge in [0, 0.05) is 18.7 Å². The second kappa shape index (κ2) is 5.84. The number of aliphatic hydroxyl groups excluding tert-OH is 1. The van der Waals surface area contributed by atoms with Crippen LogP contribution in [0, 0.1) is 5.92 Å². The van der Waals surface area contributed by atoms with E-state index in [9.17, 15) is 5.11 Å². The van der Waals surface area contributed by atoms with Gasteiger partial charge >= 0.3 is 0 Å². The molecule has 5 heteroatoms. The van der Waals surface area contributed by atoms with Crippen LogP contribution in [0.1, 0.15) is 24.0 Å². The number of nitrogens with two attached hydrogens (primary N) is 1. The number of rotatable bonds is 6. The molecule has 1 fully saturated rings. The van der Waals surface area contributed by atoms with Crippen LogP contribution in [0.3, 0.4) is 0 Å². The Morgan fingerprint density at radius 2 is 2.28 bits per heavy atom. The first-order valence-corrected chi connectivity index (χ1v) is 6.16. The number of amidine groups is 1. The molecule has 0 spiro atoms. The van der Waals surface area contributed by atoms with Crippen LogP contribution in [0.5, 0.6) is 0 Å². The van der Waals surface area contributed by atoms with Gasteiger partial charge in [-0.25, -0.2) is 0 Å². The van der Waals surface area contributed by atoms with Crippen molar-refractivity contribution in [3.63, 3.8) is 0 Å². The first-order valence-electron chi connectivity index (χ1n) is 6.16. The minimum absolute atomic E-state index is 0.106. The highest BCUT2D eigenvalue weighted by Crippen LogP contribution is 2.32. The molecular formula is C13H19N3O2. The first kappa shape index (κ1) is 12.9. The average molecular weight is 249 g/mol. The molecule has 1 aromatic rings. The van der Waals surface area contributed by atoms with E-state index < -0.39 is 0 Å². The molecule has 1 aromatic carbocycles. The molecule has 1 unspecified atom stereocenters. The number of hydrogen-bond donors (Lipinski definition) is 4. The van der Waals surface area contributed by atoms with Gasteiger partial charge < -0.3 is 21.4 Å². The topological polar surface area (TPSA) is 90.9 Å². The van der Waals surface area contributed by atoms with Gasteiger partial charge in [-0.05, 0) is 30.4 Å². The monoisotopic (exact) mass is 249 g/mol. The van der Waals surface area contributed by atoms with Crippen molar-refractivity contribution in [3.8, 4) is 0 Å². The molecule has 98 valence electrons. The maximum Gasteiger partial charge on any atom is 0.170 e. The first-order chi connectivity index (χ1) is 8.70. The van der Waals surface area contributed by atoms with Crippen molar-refractivity contribution in [2.24, 2.45) is 16.8 Å². The lowest BCUT2D eigenvalue weighted by molar-refractivity contribution is 0.148. The predicted octanol–water partition coefficient (Wildman–Crippen LogP) is 0.642. The summed E-state index contributed by atoms with van der Waals surface area (Å²) in [4.78, 5) is 0. The second-order valence-electron chi connectivity index (χ2n) is 4.72. The van der Waals surface area contributed by atoms with Gasteiger partial charge in [-0.2, -0.15) is 0 Å². The molecule has 1 aliphatic rings. The van der Waals surface area contributed by atoms with Crippen LogP contribution < -0.4 is 11.1 Å². The fourth-order valence-electron chi connectivity index (χ4n) is 1.91. The van der Waals surface area contributed by atoms with Gasteiger partial charge in [0.2, 0.25) is 0 Å². The number of oxime groups is 1. The summed E-state index contributed by atoms with van der Waals surface area (Å²) < 4.78 is 0. The lowest BCUT2D eigenvalue weighted by Gasteiger charge is -2.11. The molecule has 1 saturated carbocycles. The van der Waals surface area contributed by atoms with E-state index in [1.165, 1.54) is 0 Å². The molecule has 0 aromatic heterocycles. The summed E-state index contributed by atoms with van der Waals surface area (Å²) in [6.07, 6.45) is 2.04. The van der Waals surface area contributed by atoms with Gasteiger partial charge in [-0.15, -0.1) is 0 Å². The van der Waals surface area contributed by atoms with Crippen LogP contribution in [0.4, 0.5) is 0 Å². The predicted molar refractivity (Wildman–Crippen MR) is 69.4 cm³/mol. The molecule has 0 amide bonds. The zero-order valence-electron chi connectivity index (χ0n) is 10.2. The third kappa shape index (κ3) is 3.45. The third-order valence-electron chi connectivity index (χ3n) is 3.18. The van der Waals surface area contributed by atoms with Crippen molar-refractivity contribution in [2.45, 2.75) is 25.5 Å². The number of benzene rings is 1. The number of aliphatic hydroxyl groups is 1. The maximum atomic E-state index is 9.71. The summed E-state index contributed by atoms with van der Waals surface area (Å²) in [7, 11) is 0. The summed E-state index contributed by atoms with van der Waals surface area (Å²) in [5.41, 5.74) is 7.27. The molecule has 1 aliphatic carbocycles. The van der Waals surface area contributed by atoms with Gasteiger partial charge in [-0.1, -0.05) is 23.4 Å². The fourth-order valence-corrected chi connectivity index (χ4v) is 1.91. The molecule has 0 aliphatic heterocycles. The highest BCUT2D eigenvalue weighted by atomic mass is 16.4. The molecule has 18 heavy (non-hydrogen) atoms. The second-order valence-corrected chi connectivity index (χ2v) is 4.72. The number of nitrogens with one attached hydrogen (secondary N) is 1. The van der Waals surface area contributed by atoms with E-state index in [4.69, 9.17) is 10.9 Å². The zero-order chi connectivity index (χ0) is 13.0. The SMILES string of the molecule is NC(=NO)c1cccc(CNCC(O)C2CC2)c1. The van der Waals surface area contributed by atoms with Crippen molar-refractivity contribution in [3.05, 3.63) is 35.4 Å². The standard InChI is InChI=1S/C13H19N3O2/c14-13(16-18)11-3-1-2-9(6-11)7-15-8-12(17)10-4-5-10/h1-3,6,10,12,15,17-18H,4-5,7-8H2,(H2,14,16). The maximum absolute atomic E-state index is 9.71. The van der Waals surface area contributed by atoms with E-state index in [0.717, 1.165) is 18.4 Å². The fraction of sp³-hybridized carbons (Fsp3) is 0.462. The van der Waals surface area contributed by atoms with E-state index in [2.05, 4.69) is 10.5 Å². The Morgan fingerprint density at radius 1 is 1.50 bits per heavy atom. The number of hydrogen-bond acceptors (Lipinski definition) is 4. The summed E-state index contributed by atoms with van der Waals surface area (Å²) in [5.74, 6) is 0.593. The van der Waals surface area contributed by atoms with E-state index >= 15 is 0 Å². The molecule has 0 bridgehead atoms. The Balaban J connectivity index is 1.85. The summed E-state index contributed by atoms with van der Waals surface area (Å²) in [6.45, 7) is 1.27. The Morgan fingerprint density at radius 3 is 2.94 bits per heavy atom. The van der Waals surface area contributed by atoms with E-state index in [0.29, 0.717) is 24.6 Å². The van der Waals surface area contributed by atoms with Crippen LogP contribution >= 0.6 is 0 Å². The van der Waals surface area contributed by atoms with Gasteiger partial charge in [0.25, 0.3) is 0 Å². The quantitative estimate of drug-likeness (QED) is 0.258. The van der Waals surface area contributed by atoms with Crippen molar-refractivity contribution in [1.29, 1.82) is 0 Å². The minimum Gasteiger partial charge on any atom is -0.409 e. The van der Waals surface area contributed by atoms with Crippen molar-refractivity contribution in [2.75, 3.05) is 6.54 Å². The minimum atomic E-state index is -0.239. The number of nitrogens with zero attached hydrogens (tertiary/aromatic N) is 1. The van der Waals surface area contributed by atoms with Crippen LogP contribution in [0.15, 0.2) is 29.4 Å². The van der Waals surface area contributed by atoms with Gasteiger partial charge in [0.05, 0.1) is 6.10 Å². The molecule has 0 heterocycles. The summed E-state index contributed by atoms with van der Waals surface area (Å²) in [5, 5.41) is 24.5. The molecule has 5 N–H and O–H groups in total. The molecule has 2 rings (SSSR count). The molecule has 0 saturated heterocycles. The van der Waals surface area contributed by atoms with Gasteiger partial charge in [0.1, 0.15) is 0 Å². The van der Waals surface area contributed by atoms with Gasteiger partial charge in [0.15, 0.2) is 5.84 Å². The average Bonchev–Trinajstić information content (AvgIpc) is 3.22. The highest BCUT2D eigenvalue weighted by Gasteiger charge is 2.28. The largest absolute Gasteiger partial charge is 0.409 e. The third-order valence-corrected chi connectivity index (χ3v) is 3.18. The van der Waals surface area contributed by atoms with Crippen LogP contribution in [0.2, 0.25) is 0 Å². The summed E-state index contributed by atoms with van der Waals surface area (Å²) >= 11 is 0. The molecular weight excluding hydrogens is 230 g/mol. The van der Waals surface area contributed by atoms with Crippen molar-refractivity contribution >= 4 is 5.84 Å². The van der Waals surface area contributed by atoms with Crippen molar-refractivity contribution in [1.82, 2.24) is 5.32 Å². The Kier molecular flexibility index (Phi) is 4.17. The summed E-state index contributed by atoms with van der Waals surface area (Å²) in [6, 6.07) is 7.48. The van der Waals surface area contributed by atoms with Crippen LogP contribution in [-0.2, 0) is 6.54 Å². The lowest BCUT2D eigenvalue weighted by Crippen LogP contribution is -2.27. The Labute approximate surface area is 106 Å². The normalized spacial score (nSPS) is 17.7. The van der Waals surface area contributed by atoms with E-state index in [1.54, 1.807) is 6.07 Å². The molecule has 5 nitrogen and oxygen atoms in total. The highest BCUT2D eigenvalue weighted by molar-refractivity contribution is 5.97. The van der Waals surface area contributed by atoms with Crippen molar-refractivity contribution < 1.29 is 10.3 Å². The van der Waals surface area contributed by atoms with E-state index in [1.807, 2.05) is 18.2 Å². The smallest absolute Gasteiger partial charge is 0.170 e. The molecule has 1 atom stereocenters. The Bertz CT molecular complexity index is 430. The van der Waals surface area contributed by atoms with Crippen LogP contribution in [-0.4, -0.2) is 28.8 Å². The van der Waals surface area contributed by atoms with Crippen LogP contribution in [0.25, 0.3) is 0 Å².